The smallest absolute Gasteiger partial charge is 0.243 e. The van der Waals surface area contributed by atoms with Crippen LogP contribution in [-0.2, 0) is 16.6 Å². The maximum Gasteiger partial charge on any atom is 0.243 e. The highest BCUT2D eigenvalue weighted by Gasteiger charge is 2.24. The van der Waals surface area contributed by atoms with Gasteiger partial charge in [-0.3, -0.25) is 0 Å². The summed E-state index contributed by atoms with van der Waals surface area (Å²) in [7, 11) is -2.07. The zero-order chi connectivity index (χ0) is 14.9. The predicted molar refractivity (Wildman–Crippen MR) is 80.7 cm³/mol. The second-order valence-electron chi connectivity index (χ2n) is 4.53. The third-order valence-corrected chi connectivity index (χ3v) is 5.60. The fourth-order valence-corrected chi connectivity index (χ4v) is 3.69. The van der Waals surface area contributed by atoms with Crippen molar-refractivity contribution in [3.8, 4) is 0 Å². The van der Waals surface area contributed by atoms with Crippen molar-refractivity contribution in [2.45, 2.75) is 18.4 Å². The van der Waals surface area contributed by atoms with Gasteiger partial charge in [0.2, 0.25) is 10.0 Å². The molecule has 0 unspecified atom stereocenters. The number of benzene rings is 1. The first-order valence-corrected chi connectivity index (χ1v) is 8.08. The first-order valence-electron chi connectivity index (χ1n) is 5.85. The van der Waals surface area contributed by atoms with E-state index in [-0.39, 0.29) is 11.4 Å². The Morgan fingerprint density at radius 2 is 2.10 bits per heavy atom. The Hall–Kier alpha value is -1.31. The van der Waals surface area contributed by atoms with Gasteiger partial charge in [-0.05, 0) is 46.6 Å². The molecule has 7 heteroatoms. The van der Waals surface area contributed by atoms with Gasteiger partial charge in [-0.15, -0.1) is 0 Å². The van der Waals surface area contributed by atoms with Crippen LogP contribution in [-0.4, -0.2) is 19.8 Å². The molecule has 0 amide bonds. The first-order chi connectivity index (χ1) is 9.32. The van der Waals surface area contributed by atoms with Crippen molar-refractivity contribution in [2.24, 2.45) is 0 Å². The van der Waals surface area contributed by atoms with E-state index >= 15 is 0 Å². The average Bonchev–Trinajstić information content (AvgIpc) is 2.86. The molecule has 0 aliphatic rings. The van der Waals surface area contributed by atoms with Crippen molar-refractivity contribution in [1.29, 1.82) is 0 Å². The summed E-state index contributed by atoms with van der Waals surface area (Å²) in [5.41, 5.74) is 7.61. The van der Waals surface area contributed by atoms with E-state index in [1.54, 1.807) is 19.1 Å². The summed E-state index contributed by atoms with van der Waals surface area (Å²) in [6, 6.07) is 4.91. The molecule has 20 heavy (non-hydrogen) atoms. The molecule has 0 saturated heterocycles. The number of rotatable bonds is 4. The van der Waals surface area contributed by atoms with Gasteiger partial charge in [0.05, 0.1) is 17.4 Å². The van der Waals surface area contributed by atoms with E-state index < -0.39 is 10.0 Å². The predicted octanol–water partition coefficient (Wildman–Crippen LogP) is 2.75. The van der Waals surface area contributed by atoms with Crippen molar-refractivity contribution in [3.05, 3.63) is 46.3 Å². The monoisotopic (exact) mass is 358 g/mol. The van der Waals surface area contributed by atoms with E-state index in [9.17, 15) is 8.42 Å². The summed E-state index contributed by atoms with van der Waals surface area (Å²) in [5, 5.41) is 0. The highest BCUT2D eigenvalue weighted by molar-refractivity contribution is 9.10. The Morgan fingerprint density at radius 3 is 2.70 bits per heavy atom. The lowest BCUT2D eigenvalue weighted by molar-refractivity contribution is 0.463. The number of nitrogens with two attached hydrogens (primary N) is 1. The number of nitrogens with zero attached hydrogens (tertiary/aromatic N) is 1. The van der Waals surface area contributed by atoms with Crippen LogP contribution in [0.25, 0.3) is 0 Å². The summed E-state index contributed by atoms with van der Waals surface area (Å²) >= 11 is 3.29. The number of sulfonamides is 1. The Kier molecular flexibility index (Phi) is 4.22. The molecule has 2 N–H and O–H groups in total. The lowest BCUT2D eigenvalue weighted by Crippen LogP contribution is -2.27. The Morgan fingerprint density at radius 1 is 1.40 bits per heavy atom. The lowest BCUT2D eigenvalue weighted by atomic mass is 10.2. The molecule has 0 radical (unpaired) electrons. The maximum absolute atomic E-state index is 12.6. The van der Waals surface area contributed by atoms with Gasteiger partial charge in [-0.2, -0.15) is 4.31 Å². The quantitative estimate of drug-likeness (QED) is 0.852. The van der Waals surface area contributed by atoms with Crippen molar-refractivity contribution in [1.82, 2.24) is 4.31 Å². The minimum Gasteiger partial charge on any atom is -0.472 e. The van der Waals surface area contributed by atoms with Crippen LogP contribution in [0.15, 0.2) is 44.5 Å². The molecule has 2 rings (SSSR count). The normalized spacial score (nSPS) is 12.0. The van der Waals surface area contributed by atoms with Crippen molar-refractivity contribution in [2.75, 3.05) is 12.8 Å². The van der Waals surface area contributed by atoms with Gasteiger partial charge in [0.25, 0.3) is 0 Å². The van der Waals surface area contributed by atoms with E-state index in [1.165, 1.54) is 29.9 Å². The number of halogens is 1. The highest BCUT2D eigenvalue weighted by atomic mass is 79.9. The second kappa shape index (κ2) is 5.59. The topological polar surface area (TPSA) is 76.5 Å². The summed E-state index contributed by atoms with van der Waals surface area (Å²) in [5.74, 6) is 0. The van der Waals surface area contributed by atoms with E-state index in [0.29, 0.717) is 15.7 Å². The van der Waals surface area contributed by atoms with Crippen LogP contribution in [0.1, 0.15) is 11.1 Å². The number of nitrogen functional groups attached to an aromatic ring is 1. The first kappa shape index (κ1) is 15.1. The molecular weight excluding hydrogens is 344 g/mol. The van der Waals surface area contributed by atoms with Crippen LogP contribution in [0.2, 0.25) is 0 Å². The van der Waals surface area contributed by atoms with Crippen LogP contribution in [0, 0.1) is 6.92 Å². The number of hydrogen-bond donors (Lipinski definition) is 1. The molecular formula is C13H15BrN2O3S. The fraction of sp³-hybridized carbons (Fsp3) is 0.231. The fourth-order valence-electron chi connectivity index (χ4n) is 1.84. The van der Waals surface area contributed by atoms with Gasteiger partial charge < -0.3 is 10.2 Å². The molecule has 108 valence electrons. The molecule has 0 bridgehead atoms. The third-order valence-electron chi connectivity index (χ3n) is 2.97. The summed E-state index contributed by atoms with van der Waals surface area (Å²) in [6.45, 7) is 1.98. The second-order valence-corrected chi connectivity index (χ2v) is 7.40. The molecule has 0 saturated carbocycles. The van der Waals surface area contributed by atoms with E-state index in [0.717, 1.165) is 5.56 Å². The third kappa shape index (κ3) is 2.89. The molecule has 0 fully saturated rings. The van der Waals surface area contributed by atoms with Crippen molar-refractivity contribution >= 4 is 31.6 Å². The number of hydrogen-bond acceptors (Lipinski definition) is 4. The minimum absolute atomic E-state index is 0.212. The van der Waals surface area contributed by atoms with Crippen LogP contribution in [0.4, 0.5) is 5.69 Å². The zero-order valence-electron chi connectivity index (χ0n) is 11.1. The maximum atomic E-state index is 12.6. The molecule has 5 nitrogen and oxygen atoms in total. The number of furan rings is 1. The molecule has 0 aliphatic heterocycles. The van der Waals surface area contributed by atoms with Gasteiger partial charge in [0, 0.05) is 29.3 Å². The SMILES string of the molecule is Cc1cc(Br)c(N)cc1S(=O)(=O)N(C)Cc1ccoc1. The van der Waals surface area contributed by atoms with Crippen molar-refractivity contribution < 1.29 is 12.8 Å². The zero-order valence-corrected chi connectivity index (χ0v) is 13.5. The van der Waals surface area contributed by atoms with Crippen LogP contribution >= 0.6 is 15.9 Å². The molecule has 0 spiro atoms. The average molecular weight is 359 g/mol. The number of anilines is 1. The van der Waals surface area contributed by atoms with E-state index in [1.807, 2.05) is 0 Å². The van der Waals surface area contributed by atoms with Crippen molar-refractivity contribution in [3.63, 3.8) is 0 Å². The van der Waals surface area contributed by atoms with Gasteiger partial charge in [0.1, 0.15) is 0 Å². The van der Waals surface area contributed by atoms with Gasteiger partial charge in [0.15, 0.2) is 0 Å². The lowest BCUT2D eigenvalue weighted by Gasteiger charge is -2.18. The molecule has 0 aliphatic carbocycles. The van der Waals surface area contributed by atoms with Crippen LogP contribution < -0.4 is 5.73 Å². The summed E-state index contributed by atoms with van der Waals surface area (Å²) < 4.78 is 32.0. The Balaban J connectivity index is 2.37. The van der Waals surface area contributed by atoms with E-state index in [2.05, 4.69) is 15.9 Å². The van der Waals surface area contributed by atoms with Gasteiger partial charge in [-0.1, -0.05) is 0 Å². The highest BCUT2D eigenvalue weighted by Crippen LogP contribution is 2.28. The van der Waals surface area contributed by atoms with Gasteiger partial charge >= 0.3 is 0 Å². The molecule has 0 atom stereocenters. The standard InChI is InChI=1S/C13H15BrN2O3S/c1-9-5-11(14)12(15)6-13(9)20(17,18)16(2)7-10-3-4-19-8-10/h3-6,8H,7,15H2,1-2H3. The van der Waals surface area contributed by atoms with Gasteiger partial charge in [-0.25, -0.2) is 8.42 Å². The number of aryl methyl sites for hydroxylation is 1. The Bertz CT molecular complexity index is 711. The molecule has 1 aromatic carbocycles. The largest absolute Gasteiger partial charge is 0.472 e. The minimum atomic E-state index is -3.59. The summed E-state index contributed by atoms with van der Waals surface area (Å²) in [6.07, 6.45) is 3.04. The van der Waals surface area contributed by atoms with Crippen LogP contribution in [0.5, 0.6) is 0 Å². The van der Waals surface area contributed by atoms with Crippen LogP contribution in [0.3, 0.4) is 0 Å². The summed E-state index contributed by atoms with van der Waals surface area (Å²) in [4.78, 5) is 0.212. The Labute approximate surface area is 126 Å². The molecule has 1 heterocycles. The molecule has 2 aromatic rings. The molecule has 1 aromatic heterocycles. The van der Waals surface area contributed by atoms with E-state index in [4.69, 9.17) is 10.2 Å².